The van der Waals surface area contributed by atoms with E-state index in [0.29, 0.717) is 29.9 Å². The summed E-state index contributed by atoms with van der Waals surface area (Å²) in [4.78, 5) is 0.211. The highest BCUT2D eigenvalue weighted by Gasteiger charge is 2.31. The van der Waals surface area contributed by atoms with E-state index < -0.39 is 10.0 Å². The first-order chi connectivity index (χ1) is 8.80. The van der Waals surface area contributed by atoms with E-state index >= 15 is 0 Å². The smallest absolute Gasteiger partial charge is 0.207 e. The number of hydrogen-bond acceptors (Lipinski definition) is 2. The summed E-state index contributed by atoms with van der Waals surface area (Å²) in [5.74, 6) is 0.752. The Morgan fingerprint density at radius 1 is 1.11 bits per heavy atom. The van der Waals surface area contributed by atoms with Crippen LogP contribution in [0.25, 0.3) is 0 Å². The fourth-order valence-electron chi connectivity index (χ4n) is 2.59. The molecule has 0 amide bonds. The molecule has 106 valence electrons. The van der Waals surface area contributed by atoms with Crippen molar-refractivity contribution in [2.24, 2.45) is 11.8 Å². The van der Waals surface area contributed by atoms with Gasteiger partial charge in [0.1, 0.15) is 0 Å². The van der Waals surface area contributed by atoms with Crippen LogP contribution in [-0.2, 0) is 10.0 Å². The van der Waals surface area contributed by atoms with Gasteiger partial charge in [-0.05, 0) is 36.5 Å². The summed E-state index contributed by atoms with van der Waals surface area (Å²) in [7, 11) is -3.48. The lowest BCUT2D eigenvalue weighted by molar-refractivity contribution is 0.222. The standard InChI is InChI=1S/C13H17Cl2NO2S/c1-9-5-10(2)8-16(7-9)19(17,18)11-3-4-12(14)13(15)6-11/h3-4,6,9-10H,5,7-8H2,1-2H3/t9-,10-/m1/s1. The molecule has 0 aliphatic carbocycles. The van der Waals surface area contributed by atoms with Gasteiger partial charge in [0.05, 0.1) is 14.9 Å². The van der Waals surface area contributed by atoms with Crippen LogP contribution < -0.4 is 0 Å². The molecule has 1 saturated heterocycles. The summed E-state index contributed by atoms with van der Waals surface area (Å²) in [5.41, 5.74) is 0. The molecule has 0 N–H and O–H groups in total. The van der Waals surface area contributed by atoms with Gasteiger partial charge in [0.25, 0.3) is 0 Å². The minimum atomic E-state index is -3.48. The fourth-order valence-corrected chi connectivity index (χ4v) is 4.66. The van der Waals surface area contributed by atoms with Crippen LogP contribution in [-0.4, -0.2) is 25.8 Å². The molecule has 2 atom stereocenters. The molecule has 0 radical (unpaired) electrons. The van der Waals surface area contributed by atoms with Gasteiger partial charge in [0.15, 0.2) is 0 Å². The van der Waals surface area contributed by atoms with E-state index in [-0.39, 0.29) is 9.92 Å². The summed E-state index contributed by atoms with van der Waals surface area (Å²) in [6.45, 7) is 5.28. The van der Waals surface area contributed by atoms with Crippen molar-refractivity contribution in [1.29, 1.82) is 0 Å². The lowest BCUT2D eigenvalue weighted by Gasteiger charge is -2.34. The largest absolute Gasteiger partial charge is 0.243 e. The number of rotatable bonds is 2. The summed E-state index contributed by atoms with van der Waals surface area (Å²) < 4.78 is 26.7. The van der Waals surface area contributed by atoms with Gasteiger partial charge in [-0.2, -0.15) is 4.31 Å². The zero-order chi connectivity index (χ0) is 14.2. The number of hydrogen-bond donors (Lipinski definition) is 0. The molecule has 2 rings (SSSR count). The molecule has 0 bridgehead atoms. The molecule has 0 spiro atoms. The maximum atomic E-state index is 12.6. The van der Waals surface area contributed by atoms with E-state index in [4.69, 9.17) is 23.2 Å². The van der Waals surface area contributed by atoms with Crippen molar-refractivity contribution < 1.29 is 8.42 Å². The van der Waals surface area contributed by atoms with E-state index in [2.05, 4.69) is 13.8 Å². The molecule has 19 heavy (non-hydrogen) atoms. The zero-order valence-electron chi connectivity index (χ0n) is 10.9. The molecule has 1 aromatic carbocycles. The first kappa shape index (κ1) is 15.1. The Labute approximate surface area is 124 Å². The number of halogens is 2. The molecule has 0 aromatic heterocycles. The highest BCUT2D eigenvalue weighted by molar-refractivity contribution is 7.89. The predicted molar refractivity (Wildman–Crippen MR) is 78.2 cm³/mol. The second kappa shape index (κ2) is 5.60. The van der Waals surface area contributed by atoms with Crippen LogP contribution in [0.3, 0.4) is 0 Å². The Kier molecular flexibility index (Phi) is 4.45. The highest BCUT2D eigenvalue weighted by Crippen LogP contribution is 2.30. The van der Waals surface area contributed by atoms with Crippen LogP contribution in [0.15, 0.2) is 23.1 Å². The van der Waals surface area contributed by atoms with E-state index in [9.17, 15) is 8.42 Å². The van der Waals surface area contributed by atoms with Crippen molar-refractivity contribution in [3.8, 4) is 0 Å². The molecule has 6 heteroatoms. The van der Waals surface area contributed by atoms with Crippen LogP contribution in [0.1, 0.15) is 20.3 Å². The summed E-state index contributed by atoms with van der Waals surface area (Å²) in [6, 6.07) is 4.45. The van der Waals surface area contributed by atoms with Crippen molar-refractivity contribution in [2.45, 2.75) is 25.2 Å². The molecule has 1 aromatic rings. The van der Waals surface area contributed by atoms with Crippen molar-refractivity contribution in [1.82, 2.24) is 4.31 Å². The quantitative estimate of drug-likeness (QED) is 0.833. The van der Waals surface area contributed by atoms with Crippen LogP contribution in [0.5, 0.6) is 0 Å². The van der Waals surface area contributed by atoms with E-state index in [1.165, 1.54) is 18.2 Å². The first-order valence-electron chi connectivity index (χ1n) is 6.26. The molecule has 3 nitrogen and oxygen atoms in total. The normalized spacial score (nSPS) is 25.5. The summed E-state index contributed by atoms with van der Waals surface area (Å²) in [6.07, 6.45) is 1.06. The average Bonchev–Trinajstić information content (AvgIpc) is 2.31. The molecule has 0 saturated carbocycles. The highest BCUT2D eigenvalue weighted by atomic mass is 35.5. The average molecular weight is 322 g/mol. The monoisotopic (exact) mass is 321 g/mol. The molecule has 1 aliphatic rings. The zero-order valence-corrected chi connectivity index (χ0v) is 13.3. The lowest BCUT2D eigenvalue weighted by Crippen LogP contribution is -2.42. The van der Waals surface area contributed by atoms with Crippen molar-refractivity contribution in [2.75, 3.05) is 13.1 Å². The third-order valence-corrected chi connectivity index (χ3v) is 5.93. The van der Waals surface area contributed by atoms with E-state index in [0.717, 1.165) is 6.42 Å². The minimum Gasteiger partial charge on any atom is -0.207 e. The minimum absolute atomic E-state index is 0.211. The van der Waals surface area contributed by atoms with Gasteiger partial charge in [-0.25, -0.2) is 8.42 Å². The summed E-state index contributed by atoms with van der Waals surface area (Å²) >= 11 is 11.7. The third kappa shape index (κ3) is 3.24. The van der Waals surface area contributed by atoms with Gasteiger partial charge in [-0.1, -0.05) is 37.0 Å². The van der Waals surface area contributed by atoms with Crippen molar-refractivity contribution in [3.63, 3.8) is 0 Å². The summed E-state index contributed by atoms with van der Waals surface area (Å²) in [5, 5.41) is 0.627. The van der Waals surface area contributed by atoms with Gasteiger partial charge >= 0.3 is 0 Å². The van der Waals surface area contributed by atoms with E-state index in [1.807, 2.05) is 0 Å². The number of nitrogens with zero attached hydrogens (tertiary/aromatic N) is 1. The fraction of sp³-hybridized carbons (Fsp3) is 0.538. The molecular formula is C13H17Cl2NO2S. The maximum Gasteiger partial charge on any atom is 0.243 e. The van der Waals surface area contributed by atoms with Gasteiger partial charge in [0, 0.05) is 13.1 Å². The first-order valence-corrected chi connectivity index (χ1v) is 8.45. The van der Waals surface area contributed by atoms with Crippen molar-refractivity contribution >= 4 is 33.2 Å². The second-order valence-electron chi connectivity index (χ2n) is 5.34. The molecule has 0 unspecified atom stereocenters. The van der Waals surface area contributed by atoms with Crippen LogP contribution >= 0.6 is 23.2 Å². The Bertz CT molecular complexity index is 564. The Morgan fingerprint density at radius 2 is 1.68 bits per heavy atom. The lowest BCUT2D eigenvalue weighted by atomic mass is 9.94. The Morgan fingerprint density at radius 3 is 2.21 bits per heavy atom. The van der Waals surface area contributed by atoms with Gasteiger partial charge < -0.3 is 0 Å². The third-order valence-electron chi connectivity index (χ3n) is 3.36. The maximum absolute atomic E-state index is 12.6. The Hall–Kier alpha value is -0.290. The van der Waals surface area contributed by atoms with Crippen molar-refractivity contribution in [3.05, 3.63) is 28.2 Å². The van der Waals surface area contributed by atoms with E-state index in [1.54, 1.807) is 4.31 Å². The van der Waals surface area contributed by atoms with Gasteiger partial charge in [-0.15, -0.1) is 0 Å². The number of piperidine rings is 1. The van der Waals surface area contributed by atoms with Crippen LogP contribution in [0.2, 0.25) is 10.0 Å². The van der Waals surface area contributed by atoms with Gasteiger partial charge in [-0.3, -0.25) is 0 Å². The number of benzene rings is 1. The van der Waals surface area contributed by atoms with Gasteiger partial charge in [0.2, 0.25) is 10.0 Å². The number of sulfonamides is 1. The topological polar surface area (TPSA) is 37.4 Å². The molecular weight excluding hydrogens is 305 g/mol. The Balaban J connectivity index is 2.33. The molecule has 1 heterocycles. The predicted octanol–water partition coefficient (Wildman–Crippen LogP) is 3.66. The molecule has 1 fully saturated rings. The van der Waals surface area contributed by atoms with Crippen LogP contribution in [0.4, 0.5) is 0 Å². The second-order valence-corrected chi connectivity index (χ2v) is 8.10. The SMILES string of the molecule is C[C@@H]1C[C@@H](C)CN(S(=O)(=O)c2ccc(Cl)c(Cl)c2)C1. The van der Waals surface area contributed by atoms with Crippen LogP contribution in [0, 0.1) is 11.8 Å². The molecule has 1 aliphatic heterocycles.